The van der Waals surface area contributed by atoms with Crippen LogP contribution in [0.2, 0.25) is 0 Å². The van der Waals surface area contributed by atoms with Gasteiger partial charge in [0.05, 0.1) is 27.3 Å². The van der Waals surface area contributed by atoms with E-state index in [0.717, 1.165) is 0 Å². The molecule has 0 amide bonds. The summed E-state index contributed by atoms with van der Waals surface area (Å²) in [5, 5.41) is 20.6. The Bertz CT molecular complexity index is 592. The lowest BCUT2D eigenvalue weighted by Crippen LogP contribution is -2.23. The fraction of sp³-hybridized carbons (Fsp3) is 0.0769. The van der Waals surface area contributed by atoms with E-state index in [0.29, 0.717) is 33.7 Å². The van der Waals surface area contributed by atoms with Crippen LogP contribution in [0.25, 0.3) is 0 Å². The van der Waals surface area contributed by atoms with E-state index in [-0.39, 0.29) is 10.6 Å². The summed E-state index contributed by atoms with van der Waals surface area (Å²) < 4.78 is 11.0. The minimum absolute atomic E-state index is 0.0956. The van der Waals surface area contributed by atoms with Crippen molar-refractivity contribution >= 4 is 21.8 Å². The minimum Gasteiger partial charge on any atom is -0.417 e. The molecule has 0 unspecified atom stereocenters. The van der Waals surface area contributed by atoms with Gasteiger partial charge in [-0.15, -0.1) is 0 Å². The fourth-order valence-corrected chi connectivity index (χ4v) is 2.22. The molecule has 0 aromatic heterocycles. The molecule has 1 aromatic carbocycles. The Labute approximate surface area is 108 Å². The maximum atomic E-state index is 11.4. The lowest BCUT2D eigenvalue weighted by Gasteiger charge is -2.09. The van der Waals surface area contributed by atoms with Gasteiger partial charge in [-0.05, 0) is 18.2 Å². The molecule has 0 radical (unpaired) electrons. The molecule has 2 rings (SSSR count). The van der Waals surface area contributed by atoms with Crippen molar-refractivity contribution in [1.29, 1.82) is 0 Å². The van der Waals surface area contributed by atoms with Crippen molar-refractivity contribution in [3.05, 3.63) is 64.9 Å². The summed E-state index contributed by atoms with van der Waals surface area (Å²) in [7, 11) is 0. The molecule has 1 aromatic rings. The molecule has 0 saturated heterocycles. The Kier molecular flexibility index (Phi) is 3.74. The average molecular weight is 261 g/mol. The molecule has 0 fully saturated rings. The first-order valence-corrected chi connectivity index (χ1v) is 6.10. The van der Waals surface area contributed by atoms with Crippen LogP contribution in [0.1, 0.15) is 12.0 Å². The van der Waals surface area contributed by atoms with E-state index in [1.807, 2.05) is 12.1 Å². The first-order chi connectivity index (χ1) is 8.74. The number of allylic oxidation sites excluding steroid dienone is 4. The van der Waals surface area contributed by atoms with Crippen LogP contribution in [0.3, 0.4) is 0 Å². The van der Waals surface area contributed by atoms with Crippen LogP contribution in [0.4, 0.5) is 0 Å². The molecule has 0 spiro atoms. The molecule has 5 heteroatoms. The van der Waals surface area contributed by atoms with Crippen LogP contribution >= 0.6 is 0 Å². The molecule has 1 N–H and O–H groups in total. The summed E-state index contributed by atoms with van der Waals surface area (Å²) in [6.07, 6.45) is 5.73. The second-order valence-electron chi connectivity index (χ2n) is 3.71. The number of rotatable bonds is 2. The van der Waals surface area contributed by atoms with Crippen LogP contribution in [-0.4, -0.2) is 24.9 Å². The summed E-state index contributed by atoms with van der Waals surface area (Å²) in [5.74, 6) is 0. The van der Waals surface area contributed by atoms with Gasteiger partial charge in [-0.25, -0.2) is 4.21 Å². The maximum Gasteiger partial charge on any atom is 0.283 e. The van der Waals surface area contributed by atoms with Crippen molar-refractivity contribution in [1.82, 2.24) is 0 Å². The molecular weight excluding hydrogens is 250 g/mol. The van der Waals surface area contributed by atoms with E-state index >= 15 is 0 Å². The van der Waals surface area contributed by atoms with Gasteiger partial charge in [0, 0.05) is 11.3 Å². The number of hydrogen-bond donors (Lipinski definition) is 1. The fourth-order valence-electron chi connectivity index (χ4n) is 1.80. The Morgan fingerprint density at radius 3 is 2.67 bits per heavy atom. The topological polar surface area (TPSA) is 63.4 Å². The molecule has 92 valence electrons. The van der Waals surface area contributed by atoms with E-state index in [9.17, 15) is 14.6 Å². The Morgan fingerprint density at radius 2 is 2.06 bits per heavy atom. The third-order valence-electron chi connectivity index (χ3n) is 2.60. The minimum atomic E-state index is -0.184. The normalized spacial score (nSPS) is 16.0. The lowest BCUT2D eigenvalue weighted by molar-refractivity contribution is -0.725. The first kappa shape index (κ1) is 12.3. The summed E-state index contributed by atoms with van der Waals surface area (Å²) in [5.41, 5.74) is 1.14. The largest absolute Gasteiger partial charge is 0.417 e. The average Bonchev–Trinajstić information content (AvgIpc) is 2.40. The predicted molar refractivity (Wildman–Crippen MR) is 71.0 cm³/mol. The van der Waals surface area contributed by atoms with Gasteiger partial charge in [0.25, 0.3) is 5.71 Å². The van der Waals surface area contributed by atoms with Gasteiger partial charge in [-0.1, -0.05) is 30.4 Å². The van der Waals surface area contributed by atoms with Crippen molar-refractivity contribution in [3.8, 4) is 0 Å². The van der Waals surface area contributed by atoms with Gasteiger partial charge in [0.15, 0.2) is 0 Å². The van der Waals surface area contributed by atoms with Crippen LogP contribution in [0.15, 0.2) is 54.1 Å². The zero-order chi connectivity index (χ0) is 13.0. The zero-order valence-corrected chi connectivity index (χ0v) is 10.3. The molecule has 0 bridgehead atoms. The molecule has 1 aliphatic carbocycles. The van der Waals surface area contributed by atoms with E-state index in [4.69, 9.17) is 0 Å². The van der Waals surface area contributed by atoms with E-state index in [2.05, 4.69) is 0 Å². The van der Waals surface area contributed by atoms with Gasteiger partial charge in [0.2, 0.25) is 0 Å². The second kappa shape index (κ2) is 5.46. The summed E-state index contributed by atoms with van der Waals surface area (Å²) in [6, 6.07) is 8.77. The van der Waals surface area contributed by atoms with Gasteiger partial charge in [-0.3, -0.25) is 5.21 Å². The Morgan fingerprint density at radius 1 is 1.33 bits per heavy atom. The first-order valence-electron chi connectivity index (χ1n) is 5.35. The van der Waals surface area contributed by atoms with Crippen LogP contribution in [0.5, 0.6) is 0 Å². The van der Waals surface area contributed by atoms with Gasteiger partial charge in [-0.2, -0.15) is 0 Å². The van der Waals surface area contributed by atoms with Crippen LogP contribution in [-0.2, 0) is 11.3 Å². The number of hydrogen-bond acceptors (Lipinski definition) is 3. The van der Waals surface area contributed by atoms with Gasteiger partial charge < -0.3 is 5.21 Å². The molecular formula is C13H11NO3S. The maximum absolute atomic E-state index is 11.4. The SMILES string of the molecule is O=S=C1CC=CC=C1C(c1ccccc1)=[N+]([O-])O. The highest BCUT2D eigenvalue weighted by atomic mass is 32.1. The van der Waals surface area contributed by atoms with Crippen molar-refractivity contribution in [2.75, 3.05) is 0 Å². The van der Waals surface area contributed by atoms with Crippen molar-refractivity contribution in [3.63, 3.8) is 0 Å². The highest BCUT2D eigenvalue weighted by Crippen LogP contribution is 2.15. The van der Waals surface area contributed by atoms with E-state index in [1.54, 1.807) is 36.4 Å². The highest BCUT2D eigenvalue weighted by Gasteiger charge is 2.24. The second-order valence-corrected chi connectivity index (χ2v) is 4.37. The van der Waals surface area contributed by atoms with Gasteiger partial charge >= 0.3 is 0 Å². The predicted octanol–water partition coefficient (Wildman–Crippen LogP) is 1.65. The number of nitrogens with zero attached hydrogens (tertiary/aromatic N) is 1. The Balaban J connectivity index is 2.58. The lowest BCUT2D eigenvalue weighted by atomic mass is 9.95. The third-order valence-corrected chi connectivity index (χ3v) is 3.18. The molecule has 0 aliphatic heterocycles. The number of benzene rings is 1. The highest BCUT2D eigenvalue weighted by molar-refractivity contribution is 7.67. The monoisotopic (exact) mass is 261 g/mol. The third kappa shape index (κ3) is 2.41. The summed E-state index contributed by atoms with van der Waals surface area (Å²) in [6.45, 7) is 0. The molecule has 0 heterocycles. The molecule has 1 aliphatic rings. The Hall–Kier alpha value is -2.14. The van der Waals surface area contributed by atoms with Gasteiger partial charge in [0.1, 0.15) is 0 Å². The molecule has 18 heavy (non-hydrogen) atoms. The van der Waals surface area contributed by atoms with E-state index < -0.39 is 0 Å². The van der Waals surface area contributed by atoms with Crippen molar-refractivity contribution < 1.29 is 14.3 Å². The van der Waals surface area contributed by atoms with Crippen LogP contribution < -0.4 is 0 Å². The zero-order valence-electron chi connectivity index (χ0n) is 9.45. The molecule has 0 atom stereocenters. The standard InChI is InChI=1S/C13H11NO3S/c15-14(16)13(10-6-2-1-3-7-10)11-8-4-5-9-12(11)18-17/h1-8H,9H2,(H,15,16). The smallest absolute Gasteiger partial charge is 0.283 e. The van der Waals surface area contributed by atoms with Crippen molar-refractivity contribution in [2.45, 2.75) is 6.42 Å². The molecule has 0 saturated carbocycles. The van der Waals surface area contributed by atoms with Crippen molar-refractivity contribution in [2.24, 2.45) is 0 Å². The van der Waals surface area contributed by atoms with Crippen LogP contribution in [0, 0.1) is 5.21 Å². The summed E-state index contributed by atoms with van der Waals surface area (Å²) in [4.78, 5) is 0.336. The molecule has 4 nitrogen and oxygen atoms in total. The van der Waals surface area contributed by atoms with E-state index in [1.165, 1.54) is 0 Å². The summed E-state index contributed by atoms with van der Waals surface area (Å²) >= 11 is 0.344. The quantitative estimate of drug-likeness (QED) is 0.289.